The number of hydrogen-bond acceptors (Lipinski definition) is 5. The maximum absolute atomic E-state index is 12.9. The lowest BCUT2D eigenvalue weighted by atomic mass is 10.1. The Kier molecular flexibility index (Phi) is 5.62. The summed E-state index contributed by atoms with van der Waals surface area (Å²) in [5.41, 5.74) is 3.18. The minimum absolute atomic E-state index is 0.186. The highest BCUT2D eigenvalue weighted by molar-refractivity contribution is 7.89. The van der Waals surface area contributed by atoms with Crippen molar-refractivity contribution in [3.8, 4) is 11.5 Å². The topological polar surface area (TPSA) is 84.9 Å². The van der Waals surface area contributed by atoms with Gasteiger partial charge >= 0.3 is 0 Å². The normalized spacial score (nSPS) is 13.0. The summed E-state index contributed by atoms with van der Waals surface area (Å²) in [7, 11) is -2.36. The predicted octanol–water partition coefficient (Wildman–Crippen LogP) is 2.28. The van der Waals surface area contributed by atoms with Crippen LogP contribution >= 0.6 is 0 Å². The molecule has 2 aromatic carbocycles. The number of ether oxygens (including phenoxy) is 2. The summed E-state index contributed by atoms with van der Waals surface area (Å²) in [6.07, 6.45) is 0. The Balaban J connectivity index is 1.65. The molecule has 150 valence electrons. The Bertz CT molecular complexity index is 994. The van der Waals surface area contributed by atoms with Gasteiger partial charge in [0.05, 0.1) is 11.4 Å². The second-order valence-electron chi connectivity index (χ2n) is 6.95. The van der Waals surface area contributed by atoms with Crippen LogP contribution in [0.15, 0.2) is 35.2 Å². The van der Waals surface area contributed by atoms with E-state index in [-0.39, 0.29) is 30.7 Å². The molecule has 0 aromatic heterocycles. The second-order valence-corrected chi connectivity index (χ2v) is 8.93. The van der Waals surface area contributed by atoms with Gasteiger partial charge in [-0.3, -0.25) is 4.79 Å². The average molecular weight is 404 g/mol. The van der Waals surface area contributed by atoms with E-state index in [9.17, 15) is 13.2 Å². The molecule has 1 aliphatic heterocycles. The van der Waals surface area contributed by atoms with Gasteiger partial charge in [0.1, 0.15) is 0 Å². The number of carbonyl (C=O) groups is 1. The third-order valence-corrected chi connectivity index (χ3v) is 6.68. The largest absolute Gasteiger partial charge is 0.454 e. The van der Waals surface area contributed by atoms with Gasteiger partial charge in [0, 0.05) is 13.6 Å². The molecule has 0 spiro atoms. The zero-order chi connectivity index (χ0) is 20.5. The van der Waals surface area contributed by atoms with Crippen molar-refractivity contribution >= 4 is 15.9 Å². The fourth-order valence-electron chi connectivity index (χ4n) is 3.32. The number of amides is 1. The van der Waals surface area contributed by atoms with E-state index < -0.39 is 10.0 Å². The lowest BCUT2D eigenvalue weighted by Crippen LogP contribution is -2.38. The number of aryl methyl sites for hydroxylation is 3. The predicted molar refractivity (Wildman–Crippen MR) is 105 cm³/mol. The van der Waals surface area contributed by atoms with Crippen molar-refractivity contribution < 1.29 is 22.7 Å². The first-order valence-electron chi connectivity index (χ1n) is 8.88. The lowest BCUT2D eigenvalue weighted by molar-refractivity contribution is -0.121. The molecule has 0 saturated heterocycles. The van der Waals surface area contributed by atoms with Crippen molar-refractivity contribution in [1.82, 2.24) is 9.62 Å². The maximum Gasteiger partial charge on any atom is 0.243 e. The summed E-state index contributed by atoms with van der Waals surface area (Å²) in [6, 6.07) is 9.06. The van der Waals surface area contributed by atoms with E-state index in [0.29, 0.717) is 22.6 Å². The molecule has 0 aliphatic carbocycles. The van der Waals surface area contributed by atoms with Crippen LogP contribution in [0.4, 0.5) is 0 Å². The molecule has 8 heteroatoms. The number of nitrogens with one attached hydrogen (secondary N) is 1. The van der Waals surface area contributed by atoms with Crippen LogP contribution in [0, 0.1) is 20.8 Å². The fraction of sp³-hybridized carbons (Fsp3) is 0.350. The molecular formula is C20H24N2O5S. The van der Waals surface area contributed by atoms with Crippen molar-refractivity contribution in [2.45, 2.75) is 32.2 Å². The summed E-state index contributed by atoms with van der Waals surface area (Å²) >= 11 is 0. The second kappa shape index (κ2) is 7.81. The Morgan fingerprint density at radius 2 is 1.71 bits per heavy atom. The van der Waals surface area contributed by atoms with Gasteiger partial charge in [0.25, 0.3) is 0 Å². The van der Waals surface area contributed by atoms with Crippen molar-refractivity contribution in [3.63, 3.8) is 0 Å². The van der Waals surface area contributed by atoms with Gasteiger partial charge in [-0.15, -0.1) is 0 Å². The molecule has 0 bridgehead atoms. The van der Waals surface area contributed by atoms with Crippen LogP contribution in [0.25, 0.3) is 0 Å². The molecule has 2 aromatic rings. The first-order chi connectivity index (χ1) is 13.2. The van der Waals surface area contributed by atoms with Crippen molar-refractivity contribution in [1.29, 1.82) is 0 Å². The summed E-state index contributed by atoms with van der Waals surface area (Å²) in [6.45, 7) is 5.64. The van der Waals surface area contributed by atoms with Crippen LogP contribution < -0.4 is 14.8 Å². The van der Waals surface area contributed by atoms with Gasteiger partial charge in [-0.1, -0.05) is 23.8 Å². The number of fused-ring (bicyclic) bond motifs is 1. The standard InChI is InChI=1S/C20H24N2O5S/c1-13-7-14(2)20(15(3)8-13)28(24,25)22(4)11-19(23)21-10-16-5-6-17-18(9-16)27-12-26-17/h5-9H,10-12H2,1-4H3,(H,21,23). The van der Waals surface area contributed by atoms with Crippen molar-refractivity contribution in [2.24, 2.45) is 0 Å². The summed E-state index contributed by atoms with van der Waals surface area (Å²) in [5.74, 6) is 0.924. The molecule has 0 fully saturated rings. The zero-order valence-corrected chi connectivity index (χ0v) is 17.2. The first-order valence-corrected chi connectivity index (χ1v) is 10.3. The smallest absolute Gasteiger partial charge is 0.243 e. The van der Waals surface area contributed by atoms with Gasteiger partial charge in [-0.2, -0.15) is 4.31 Å². The van der Waals surface area contributed by atoms with E-state index in [0.717, 1.165) is 15.4 Å². The summed E-state index contributed by atoms with van der Waals surface area (Å²) in [5, 5.41) is 2.74. The number of hydrogen-bond donors (Lipinski definition) is 1. The van der Waals surface area contributed by atoms with E-state index in [1.54, 1.807) is 26.0 Å². The highest BCUT2D eigenvalue weighted by Crippen LogP contribution is 2.32. The molecule has 0 radical (unpaired) electrons. The number of likely N-dealkylation sites (N-methyl/N-ethyl adjacent to an activating group) is 1. The van der Waals surface area contributed by atoms with Crippen LogP contribution in [-0.2, 0) is 21.4 Å². The number of nitrogens with zero attached hydrogens (tertiary/aromatic N) is 1. The third-order valence-electron chi connectivity index (χ3n) is 4.57. The average Bonchev–Trinajstić information content (AvgIpc) is 3.06. The van der Waals surface area contributed by atoms with E-state index in [1.807, 2.05) is 25.1 Å². The SMILES string of the molecule is Cc1cc(C)c(S(=O)(=O)N(C)CC(=O)NCc2ccc3c(c2)OCO3)c(C)c1. The Morgan fingerprint density at radius 1 is 1.07 bits per heavy atom. The zero-order valence-electron chi connectivity index (χ0n) is 16.4. The molecule has 1 heterocycles. The number of carbonyl (C=O) groups excluding carboxylic acids is 1. The van der Waals surface area contributed by atoms with Crippen LogP contribution in [0.1, 0.15) is 22.3 Å². The van der Waals surface area contributed by atoms with E-state index in [2.05, 4.69) is 5.32 Å². The minimum atomic E-state index is -3.77. The molecular weight excluding hydrogens is 380 g/mol. The molecule has 3 rings (SSSR count). The summed E-state index contributed by atoms with van der Waals surface area (Å²) < 4.78 is 37.5. The van der Waals surface area contributed by atoms with Gasteiger partial charge in [-0.25, -0.2) is 8.42 Å². The van der Waals surface area contributed by atoms with Crippen LogP contribution in [0.5, 0.6) is 11.5 Å². The third kappa shape index (κ3) is 4.13. The molecule has 0 atom stereocenters. The van der Waals surface area contributed by atoms with Gasteiger partial charge in [-0.05, 0) is 49.6 Å². The Labute approximate surface area is 165 Å². The van der Waals surface area contributed by atoms with Gasteiger partial charge < -0.3 is 14.8 Å². The van der Waals surface area contributed by atoms with E-state index in [1.165, 1.54) is 7.05 Å². The lowest BCUT2D eigenvalue weighted by Gasteiger charge is -2.20. The summed E-state index contributed by atoms with van der Waals surface area (Å²) in [4.78, 5) is 12.5. The molecule has 7 nitrogen and oxygen atoms in total. The quantitative estimate of drug-likeness (QED) is 0.798. The number of benzene rings is 2. The highest BCUT2D eigenvalue weighted by atomic mass is 32.2. The monoisotopic (exact) mass is 404 g/mol. The van der Waals surface area contributed by atoms with Crippen molar-refractivity contribution in [2.75, 3.05) is 20.4 Å². The van der Waals surface area contributed by atoms with Crippen LogP contribution in [-0.4, -0.2) is 39.0 Å². The van der Waals surface area contributed by atoms with Gasteiger partial charge in [0.15, 0.2) is 11.5 Å². The maximum atomic E-state index is 12.9. The molecule has 1 aliphatic rings. The highest BCUT2D eigenvalue weighted by Gasteiger charge is 2.26. The van der Waals surface area contributed by atoms with E-state index in [4.69, 9.17) is 9.47 Å². The van der Waals surface area contributed by atoms with E-state index >= 15 is 0 Å². The number of sulfonamides is 1. The first kappa shape index (κ1) is 20.2. The molecule has 0 unspecified atom stereocenters. The molecule has 1 N–H and O–H groups in total. The minimum Gasteiger partial charge on any atom is -0.454 e. The van der Waals surface area contributed by atoms with Crippen molar-refractivity contribution in [3.05, 3.63) is 52.6 Å². The van der Waals surface area contributed by atoms with Gasteiger partial charge in [0.2, 0.25) is 22.7 Å². The molecule has 0 saturated carbocycles. The Morgan fingerprint density at radius 3 is 2.39 bits per heavy atom. The fourth-order valence-corrected chi connectivity index (χ4v) is 4.85. The number of rotatable bonds is 6. The van der Waals surface area contributed by atoms with Crippen LogP contribution in [0.3, 0.4) is 0 Å². The Hall–Kier alpha value is -2.58. The van der Waals surface area contributed by atoms with Crippen LogP contribution in [0.2, 0.25) is 0 Å². The molecule has 28 heavy (non-hydrogen) atoms. The molecule has 1 amide bonds.